The lowest BCUT2D eigenvalue weighted by Crippen LogP contribution is -2.23. The summed E-state index contributed by atoms with van der Waals surface area (Å²) in [6.07, 6.45) is 4.93. The smallest absolute Gasteiger partial charge is 0.234 e. The van der Waals surface area contributed by atoms with E-state index in [-0.39, 0.29) is 17.6 Å². The molecular formula is C26H24N6O2S. The molecule has 0 saturated carbocycles. The van der Waals surface area contributed by atoms with Gasteiger partial charge in [0.2, 0.25) is 11.8 Å². The average Bonchev–Trinajstić information content (AvgIpc) is 3.50. The fourth-order valence-electron chi connectivity index (χ4n) is 4.05. The number of benzene rings is 2. The second-order valence-electron chi connectivity index (χ2n) is 8.20. The number of hydrogen-bond acceptors (Lipinski definition) is 6. The standard InChI is InChI=1S/C26H24N6O2S/c1-18-6-2-3-8-22(18)32-25(19-7-4-14-27-16-19)29-30-26(32)35-17-23(33)28-20-10-12-21(13-11-20)31-15-5-9-24(31)34/h2-4,6-8,10-14,16H,5,9,15,17H2,1H3,(H,28,33). The van der Waals surface area contributed by atoms with Gasteiger partial charge in [0.05, 0.1) is 11.4 Å². The van der Waals surface area contributed by atoms with Gasteiger partial charge in [0.25, 0.3) is 0 Å². The van der Waals surface area contributed by atoms with Crippen LogP contribution in [0.15, 0.2) is 78.2 Å². The molecule has 176 valence electrons. The number of nitrogens with one attached hydrogen (secondary N) is 1. The molecule has 2 amide bonds. The molecule has 2 aromatic carbocycles. The van der Waals surface area contributed by atoms with Crippen LogP contribution in [0.25, 0.3) is 17.1 Å². The van der Waals surface area contributed by atoms with Crippen molar-refractivity contribution in [3.05, 3.63) is 78.6 Å². The maximum Gasteiger partial charge on any atom is 0.234 e. The lowest BCUT2D eigenvalue weighted by Gasteiger charge is -2.16. The van der Waals surface area contributed by atoms with Gasteiger partial charge in [0.1, 0.15) is 0 Å². The van der Waals surface area contributed by atoms with Crippen LogP contribution in [-0.4, -0.2) is 43.9 Å². The van der Waals surface area contributed by atoms with Crippen LogP contribution in [0, 0.1) is 6.92 Å². The molecule has 4 aromatic rings. The van der Waals surface area contributed by atoms with Crippen LogP contribution in [0.4, 0.5) is 11.4 Å². The van der Waals surface area contributed by atoms with Crippen LogP contribution < -0.4 is 10.2 Å². The van der Waals surface area contributed by atoms with Crippen molar-refractivity contribution in [1.82, 2.24) is 19.7 Å². The molecular weight excluding hydrogens is 460 g/mol. The Labute approximate surface area is 207 Å². The van der Waals surface area contributed by atoms with Crippen molar-refractivity contribution in [2.24, 2.45) is 0 Å². The molecule has 0 atom stereocenters. The molecule has 1 fully saturated rings. The minimum absolute atomic E-state index is 0.140. The predicted molar refractivity (Wildman–Crippen MR) is 137 cm³/mol. The number of thioether (sulfide) groups is 1. The molecule has 1 aliphatic rings. The van der Waals surface area contributed by atoms with Gasteiger partial charge in [-0.3, -0.25) is 19.1 Å². The summed E-state index contributed by atoms with van der Waals surface area (Å²) in [4.78, 5) is 30.6. The van der Waals surface area contributed by atoms with Crippen molar-refractivity contribution in [1.29, 1.82) is 0 Å². The minimum atomic E-state index is -0.151. The molecule has 0 radical (unpaired) electrons. The van der Waals surface area contributed by atoms with E-state index < -0.39 is 0 Å². The Morgan fingerprint density at radius 2 is 1.89 bits per heavy atom. The number of carbonyl (C=O) groups excluding carboxylic acids is 2. The highest BCUT2D eigenvalue weighted by atomic mass is 32.2. The zero-order chi connectivity index (χ0) is 24.2. The average molecular weight is 485 g/mol. The molecule has 9 heteroatoms. The third-order valence-electron chi connectivity index (χ3n) is 5.78. The van der Waals surface area contributed by atoms with Crippen LogP contribution in [0.1, 0.15) is 18.4 Å². The van der Waals surface area contributed by atoms with Gasteiger partial charge in [-0.15, -0.1) is 10.2 Å². The number of aryl methyl sites for hydroxylation is 1. The molecule has 1 N–H and O–H groups in total. The van der Waals surface area contributed by atoms with Gasteiger partial charge in [-0.05, 0) is 61.4 Å². The minimum Gasteiger partial charge on any atom is -0.325 e. The Bertz CT molecular complexity index is 1350. The van der Waals surface area contributed by atoms with Gasteiger partial charge in [-0.2, -0.15) is 0 Å². The topological polar surface area (TPSA) is 93.0 Å². The Morgan fingerprint density at radius 3 is 2.60 bits per heavy atom. The maximum atomic E-state index is 12.7. The molecule has 2 aromatic heterocycles. The predicted octanol–water partition coefficient (Wildman–Crippen LogP) is 4.50. The van der Waals surface area contributed by atoms with Crippen LogP contribution in [-0.2, 0) is 9.59 Å². The van der Waals surface area contributed by atoms with Gasteiger partial charge in [0, 0.05) is 42.3 Å². The summed E-state index contributed by atoms with van der Waals surface area (Å²) in [5, 5.41) is 12.3. The summed E-state index contributed by atoms with van der Waals surface area (Å²) in [6, 6.07) is 19.2. The van der Waals surface area contributed by atoms with E-state index in [0.717, 1.165) is 35.5 Å². The second kappa shape index (κ2) is 10.1. The zero-order valence-corrected chi connectivity index (χ0v) is 20.0. The number of carbonyl (C=O) groups is 2. The number of hydrogen-bond donors (Lipinski definition) is 1. The normalized spacial score (nSPS) is 13.3. The maximum absolute atomic E-state index is 12.7. The van der Waals surface area contributed by atoms with E-state index in [1.807, 2.05) is 72.2 Å². The van der Waals surface area contributed by atoms with Crippen molar-refractivity contribution < 1.29 is 9.59 Å². The molecule has 0 aliphatic carbocycles. The molecule has 35 heavy (non-hydrogen) atoms. The first-order valence-corrected chi connectivity index (χ1v) is 12.3. The number of anilines is 2. The van der Waals surface area contributed by atoms with E-state index >= 15 is 0 Å². The fourth-order valence-corrected chi connectivity index (χ4v) is 4.79. The first-order chi connectivity index (χ1) is 17.1. The second-order valence-corrected chi connectivity index (χ2v) is 9.14. The summed E-state index contributed by atoms with van der Waals surface area (Å²) < 4.78 is 1.96. The van der Waals surface area contributed by atoms with E-state index in [1.165, 1.54) is 11.8 Å². The highest BCUT2D eigenvalue weighted by molar-refractivity contribution is 7.99. The summed E-state index contributed by atoms with van der Waals surface area (Å²) in [5.41, 5.74) is 4.40. The Morgan fingerprint density at radius 1 is 1.06 bits per heavy atom. The van der Waals surface area contributed by atoms with E-state index in [0.29, 0.717) is 23.1 Å². The Balaban J connectivity index is 1.31. The van der Waals surface area contributed by atoms with Crippen molar-refractivity contribution in [2.75, 3.05) is 22.5 Å². The zero-order valence-electron chi connectivity index (χ0n) is 19.2. The van der Waals surface area contributed by atoms with E-state index in [1.54, 1.807) is 17.3 Å². The van der Waals surface area contributed by atoms with Gasteiger partial charge in [0.15, 0.2) is 11.0 Å². The van der Waals surface area contributed by atoms with Crippen LogP contribution >= 0.6 is 11.8 Å². The molecule has 0 unspecified atom stereocenters. The summed E-state index contributed by atoms with van der Waals surface area (Å²) in [7, 11) is 0. The first-order valence-electron chi connectivity index (χ1n) is 11.3. The quantitative estimate of drug-likeness (QED) is 0.389. The van der Waals surface area contributed by atoms with Crippen LogP contribution in [0.3, 0.4) is 0 Å². The monoisotopic (exact) mass is 484 g/mol. The highest BCUT2D eigenvalue weighted by Gasteiger charge is 2.22. The Hall–Kier alpha value is -3.98. The summed E-state index contributed by atoms with van der Waals surface area (Å²) >= 11 is 1.32. The third kappa shape index (κ3) is 4.95. The van der Waals surface area contributed by atoms with Gasteiger partial charge in [-0.1, -0.05) is 30.0 Å². The van der Waals surface area contributed by atoms with Gasteiger partial charge in [-0.25, -0.2) is 0 Å². The molecule has 8 nitrogen and oxygen atoms in total. The van der Waals surface area contributed by atoms with Gasteiger partial charge >= 0.3 is 0 Å². The van der Waals surface area contributed by atoms with Crippen LogP contribution in [0.2, 0.25) is 0 Å². The number of para-hydroxylation sites is 1. The lowest BCUT2D eigenvalue weighted by molar-refractivity contribution is -0.117. The van der Waals surface area contributed by atoms with E-state index in [4.69, 9.17) is 0 Å². The number of aromatic nitrogens is 4. The number of amides is 2. The molecule has 0 spiro atoms. The van der Waals surface area contributed by atoms with Crippen molar-refractivity contribution in [3.8, 4) is 17.1 Å². The molecule has 3 heterocycles. The van der Waals surface area contributed by atoms with Gasteiger partial charge < -0.3 is 10.2 Å². The molecule has 1 aliphatic heterocycles. The largest absolute Gasteiger partial charge is 0.325 e. The van der Waals surface area contributed by atoms with Crippen LogP contribution in [0.5, 0.6) is 0 Å². The molecule has 1 saturated heterocycles. The number of pyridine rings is 1. The van der Waals surface area contributed by atoms with Crippen molar-refractivity contribution in [3.63, 3.8) is 0 Å². The Kier molecular flexibility index (Phi) is 6.58. The fraction of sp³-hybridized carbons (Fsp3) is 0.192. The molecule has 5 rings (SSSR count). The molecule has 0 bridgehead atoms. The van der Waals surface area contributed by atoms with Crippen molar-refractivity contribution in [2.45, 2.75) is 24.9 Å². The third-order valence-corrected chi connectivity index (χ3v) is 6.71. The number of nitrogens with zero attached hydrogens (tertiary/aromatic N) is 5. The first kappa shape index (κ1) is 22.8. The summed E-state index contributed by atoms with van der Waals surface area (Å²) in [5.74, 6) is 0.829. The highest BCUT2D eigenvalue weighted by Crippen LogP contribution is 2.29. The SMILES string of the molecule is Cc1ccccc1-n1c(SCC(=O)Nc2ccc(N3CCCC3=O)cc2)nnc1-c1cccnc1. The lowest BCUT2D eigenvalue weighted by atomic mass is 10.2. The van der Waals surface area contributed by atoms with Crippen molar-refractivity contribution >= 4 is 35.0 Å². The summed E-state index contributed by atoms with van der Waals surface area (Å²) in [6.45, 7) is 2.77. The van der Waals surface area contributed by atoms with E-state index in [9.17, 15) is 9.59 Å². The van der Waals surface area contributed by atoms with E-state index in [2.05, 4.69) is 20.5 Å². The number of rotatable bonds is 7.